The van der Waals surface area contributed by atoms with Crippen LogP contribution in [0.4, 0.5) is 0 Å². The molecule has 0 aromatic carbocycles. The number of hydrogen-bond donors (Lipinski definition) is 6. The zero-order chi connectivity index (χ0) is 12.7. The van der Waals surface area contributed by atoms with Gasteiger partial charge < -0.3 is 34.9 Å². The molecule has 1 heterocycles. The fourth-order valence-electron chi connectivity index (χ4n) is 1.33. The minimum absolute atomic E-state index is 1.19. The smallest absolute Gasteiger partial charge is 0.388 e. The van der Waals surface area contributed by atoms with Gasteiger partial charge in [-0.1, -0.05) is 0 Å². The number of ether oxygens (including phenoxy) is 1. The highest BCUT2D eigenvalue weighted by molar-refractivity contribution is 7.46. The molecule has 0 aliphatic carbocycles. The molecular formula is C6H13O9P. The van der Waals surface area contributed by atoms with E-state index in [1.807, 2.05) is 0 Å². The van der Waals surface area contributed by atoms with Crippen molar-refractivity contribution < 1.29 is 44.0 Å². The van der Waals surface area contributed by atoms with Gasteiger partial charge in [-0.15, -0.1) is 0 Å². The summed E-state index contributed by atoms with van der Waals surface area (Å²) in [5.41, 5.74) is 0. The average Bonchev–Trinajstić information content (AvgIpc) is 2.09. The third kappa shape index (κ3) is 2.77. The number of phosphoric ester groups is 1. The molecule has 1 fully saturated rings. The van der Waals surface area contributed by atoms with Gasteiger partial charge in [-0.3, -0.25) is 0 Å². The number of phosphoric acid groups is 1. The highest BCUT2D eigenvalue weighted by Crippen LogP contribution is 2.44. The van der Waals surface area contributed by atoms with Crippen molar-refractivity contribution in [2.45, 2.75) is 37.3 Å². The first-order chi connectivity index (χ1) is 7.07. The molecule has 1 unspecified atom stereocenters. The first-order valence-electron chi connectivity index (χ1n) is 4.27. The Labute approximate surface area is 90.1 Å². The van der Waals surface area contributed by atoms with Crippen LogP contribution < -0.4 is 0 Å². The molecule has 0 aromatic heterocycles. The van der Waals surface area contributed by atoms with Crippen molar-refractivity contribution in [2.24, 2.45) is 0 Å². The second kappa shape index (κ2) is 4.30. The lowest BCUT2D eigenvalue weighted by atomic mass is 9.99. The van der Waals surface area contributed by atoms with Gasteiger partial charge in [0, 0.05) is 0 Å². The summed E-state index contributed by atoms with van der Waals surface area (Å²) in [6.07, 6.45) is -6.78. The van der Waals surface area contributed by atoms with Crippen molar-refractivity contribution >= 4 is 7.82 Å². The maximum Gasteiger partial charge on any atom is 0.474 e. The van der Waals surface area contributed by atoms with Crippen LogP contribution >= 0.6 is 7.82 Å². The van der Waals surface area contributed by atoms with E-state index in [4.69, 9.17) is 9.79 Å². The Bertz CT molecular complexity index is 302. The summed E-state index contributed by atoms with van der Waals surface area (Å²) in [6, 6.07) is 0. The number of rotatable bonds is 2. The first kappa shape index (κ1) is 14.0. The standard InChI is InChI=1S/C6H13O9P/c1-2-3(7)4(8)5(9)6(10,14-2)15-16(11,12)13/h2-5,7-10H,1H3,(H2,11,12,13)/t2-,3+,4+,5-,6?/m1/s1. The van der Waals surface area contributed by atoms with Crippen molar-refractivity contribution in [3.8, 4) is 0 Å². The predicted molar refractivity (Wildman–Crippen MR) is 46.6 cm³/mol. The van der Waals surface area contributed by atoms with Gasteiger partial charge in [-0.2, -0.15) is 0 Å². The van der Waals surface area contributed by atoms with Crippen molar-refractivity contribution in [3.63, 3.8) is 0 Å². The Hall–Kier alpha value is -0.0900. The van der Waals surface area contributed by atoms with Gasteiger partial charge in [0.2, 0.25) is 0 Å². The molecule has 9 nitrogen and oxygen atoms in total. The van der Waals surface area contributed by atoms with Crippen LogP contribution in [0.5, 0.6) is 0 Å². The highest BCUT2D eigenvalue weighted by Gasteiger charge is 2.55. The predicted octanol–water partition coefficient (Wildman–Crippen LogP) is -2.76. The number of hydrogen-bond acceptors (Lipinski definition) is 7. The van der Waals surface area contributed by atoms with Crippen molar-refractivity contribution in [1.29, 1.82) is 0 Å². The molecule has 0 spiro atoms. The molecule has 10 heteroatoms. The molecule has 0 bridgehead atoms. The summed E-state index contributed by atoms with van der Waals surface area (Å²) >= 11 is 0. The summed E-state index contributed by atoms with van der Waals surface area (Å²) in [5.74, 6) is -3.07. The van der Waals surface area contributed by atoms with Gasteiger partial charge >= 0.3 is 13.8 Å². The fraction of sp³-hybridized carbons (Fsp3) is 1.00. The summed E-state index contributed by atoms with van der Waals surface area (Å²) in [5, 5.41) is 37.3. The van der Waals surface area contributed by atoms with Crippen LogP contribution in [0.25, 0.3) is 0 Å². The quantitative estimate of drug-likeness (QED) is 0.228. The van der Waals surface area contributed by atoms with Crippen LogP contribution in [0.15, 0.2) is 0 Å². The van der Waals surface area contributed by atoms with Crippen molar-refractivity contribution in [1.82, 2.24) is 0 Å². The Morgan fingerprint density at radius 1 is 1.25 bits per heavy atom. The topological polar surface area (TPSA) is 157 Å². The van der Waals surface area contributed by atoms with E-state index in [-0.39, 0.29) is 0 Å². The normalized spacial score (nSPS) is 45.7. The van der Waals surface area contributed by atoms with Crippen molar-refractivity contribution in [3.05, 3.63) is 0 Å². The summed E-state index contributed by atoms with van der Waals surface area (Å²) in [6.45, 7) is 1.22. The fourth-order valence-corrected chi connectivity index (χ4v) is 1.82. The summed E-state index contributed by atoms with van der Waals surface area (Å²) in [7, 11) is -5.14. The molecule has 0 radical (unpaired) electrons. The Morgan fingerprint density at radius 3 is 2.19 bits per heavy atom. The maximum atomic E-state index is 10.5. The van der Waals surface area contributed by atoms with E-state index in [0.717, 1.165) is 0 Å². The van der Waals surface area contributed by atoms with Crippen molar-refractivity contribution in [2.75, 3.05) is 0 Å². The molecule has 6 N–H and O–H groups in total. The van der Waals surface area contributed by atoms with Gasteiger partial charge in [0.25, 0.3) is 0 Å². The maximum absolute atomic E-state index is 10.5. The summed E-state index contributed by atoms with van der Waals surface area (Å²) in [4.78, 5) is 17.0. The van der Waals surface area contributed by atoms with Crippen LogP contribution in [0, 0.1) is 0 Å². The minimum atomic E-state index is -5.14. The Kier molecular flexibility index (Phi) is 3.75. The van der Waals surface area contributed by atoms with Gasteiger partial charge in [-0.05, 0) is 6.92 Å². The third-order valence-corrected chi connectivity index (χ3v) is 2.63. The largest absolute Gasteiger partial charge is 0.474 e. The third-order valence-electron chi connectivity index (χ3n) is 2.13. The second-order valence-corrected chi connectivity index (χ2v) is 4.63. The lowest BCUT2D eigenvalue weighted by Crippen LogP contribution is -2.64. The lowest BCUT2D eigenvalue weighted by Gasteiger charge is -2.43. The molecule has 0 amide bonds. The Balaban J connectivity index is 2.91. The number of aliphatic hydroxyl groups is 4. The van der Waals surface area contributed by atoms with Gasteiger partial charge in [-0.25, -0.2) is 9.09 Å². The average molecular weight is 260 g/mol. The van der Waals surface area contributed by atoms with Crippen LogP contribution in [0.3, 0.4) is 0 Å². The molecule has 0 saturated carbocycles. The zero-order valence-corrected chi connectivity index (χ0v) is 9.06. The molecule has 0 aromatic rings. The van der Waals surface area contributed by atoms with Gasteiger partial charge in [0.05, 0.1) is 6.10 Å². The van der Waals surface area contributed by atoms with Crippen LogP contribution in [-0.4, -0.2) is 60.6 Å². The summed E-state index contributed by atoms with van der Waals surface area (Å²) < 4.78 is 18.9. The molecule has 1 rings (SSSR count). The van der Waals surface area contributed by atoms with E-state index < -0.39 is 38.2 Å². The van der Waals surface area contributed by atoms with Gasteiger partial charge in [0.15, 0.2) is 6.10 Å². The monoisotopic (exact) mass is 260 g/mol. The SMILES string of the molecule is C[C@H]1OC(O)(OP(=O)(O)O)[C@H](O)[C@@H](O)[C@H]1O. The highest BCUT2D eigenvalue weighted by atomic mass is 31.2. The van der Waals surface area contributed by atoms with E-state index in [0.29, 0.717) is 0 Å². The van der Waals surface area contributed by atoms with E-state index >= 15 is 0 Å². The molecule has 96 valence electrons. The second-order valence-electron chi connectivity index (χ2n) is 3.46. The van der Waals surface area contributed by atoms with E-state index in [9.17, 15) is 25.0 Å². The van der Waals surface area contributed by atoms with Crippen LogP contribution in [0.2, 0.25) is 0 Å². The van der Waals surface area contributed by atoms with Gasteiger partial charge in [0.1, 0.15) is 12.2 Å². The molecule has 1 aliphatic rings. The first-order valence-corrected chi connectivity index (χ1v) is 5.80. The van der Waals surface area contributed by atoms with E-state index in [2.05, 4.69) is 9.26 Å². The zero-order valence-electron chi connectivity index (χ0n) is 8.16. The van der Waals surface area contributed by atoms with E-state index in [1.165, 1.54) is 6.92 Å². The molecule has 16 heavy (non-hydrogen) atoms. The molecular weight excluding hydrogens is 247 g/mol. The minimum Gasteiger partial charge on any atom is -0.388 e. The van der Waals surface area contributed by atoms with E-state index in [1.54, 1.807) is 0 Å². The molecule has 1 saturated heterocycles. The Morgan fingerprint density at radius 2 is 1.75 bits per heavy atom. The number of aliphatic hydroxyl groups excluding tert-OH is 3. The molecule has 1 aliphatic heterocycles. The van der Waals surface area contributed by atoms with Crippen LogP contribution in [-0.2, 0) is 13.8 Å². The lowest BCUT2D eigenvalue weighted by molar-refractivity contribution is -0.421. The van der Waals surface area contributed by atoms with Crippen LogP contribution in [0.1, 0.15) is 6.92 Å². The molecule has 5 atom stereocenters.